The molecule has 0 radical (unpaired) electrons. The van der Waals surface area contributed by atoms with Crippen LogP contribution in [0.15, 0.2) is 36.4 Å². The van der Waals surface area contributed by atoms with Crippen LogP contribution in [-0.4, -0.2) is 24.1 Å². The molecule has 142 valence electrons. The quantitative estimate of drug-likeness (QED) is 0.741. The summed E-state index contributed by atoms with van der Waals surface area (Å²) in [5, 5.41) is 3.24. The number of rotatable bonds is 6. The first-order valence-electron chi connectivity index (χ1n) is 8.64. The number of hydrogen-bond acceptors (Lipinski definition) is 3. The Labute approximate surface area is 164 Å². The van der Waals surface area contributed by atoms with Gasteiger partial charge in [0, 0.05) is 31.1 Å². The molecule has 0 aliphatic rings. The average molecular weight is 387 g/mol. The molecule has 0 fully saturated rings. The Kier molecular flexibility index (Phi) is 6.75. The third-order valence-electron chi connectivity index (χ3n) is 4.16. The van der Waals surface area contributed by atoms with Gasteiger partial charge >= 0.3 is 0 Å². The van der Waals surface area contributed by atoms with Crippen LogP contribution in [0, 0.1) is 13.8 Å². The molecule has 0 saturated carbocycles. The number of carbonyl (C=O) groups is 3. The highest BCUT2D eigenvalue weighted by Gasteiger charge is 2.19. The van der Waals surface area contributed by atoms with Crippen molar-refractivity contribution in [1.29, 1.82) is 0 Å². The molecular weight excluding hydrogens is 364 g/mol. The highest BCUT2D eigenvalue weighted by molar-refractivity contribution is 6.34. The smallest absolute Gasteiger partial charge is 0.226 e. The maximum absolute atomic E-state index is 12.3. The summed E-state index contributed by atoms with van der Waals surface area (Å²) in [5.74, 6) is -0.503. The molecule has 0 saturated heterocycles. The summed E-state index contributed by atoms with van der Waals surface area (Å²) >= 11 is 6.34. The fourth-order valence-electron chi connectivity index (χ4n) is 2.93. The van der Waals surface area contributed by atoms with Crippen LogP contribution in [-0.2, 0) is 9.59 Å². The number of hydrogen-bond donors (Lipinski definition) is 1. The number of ketones is 1. The highest BCUT2D eigenvalue weighted by atomic mass is 35.5. The number of carbonyl (C=O) groups excluding carboxylic acids is 3. The molecular formula is C21H23ClN2O3. The Morgan fingerprint density at radius 3 is 2.37 bits per heavy atom. The minimum Gasteiger partial charge on any atom is -0.326 e. The van der Waals surface area contributed by atoms with Crippen molar-refractivity contribution in [3.8, 4) is 0 Å². The zero-order chi connectivity index (χ0) is 20.1. The van der Waals surface area contributed by atoms with Crippen molar-refractivity contribution >= 4 is 40.6 Å². The molecule has 0 aliphatic carbocycles. The summed E-state index contributed by atoms with van der Waals surface area (Å²) in [6.07, 6.45) is 0.105. The number of amides is 2. The minimum absolute atomic E-state index is 0.0710. The van der Waals surface area contributed by atoms with Gasteiger partial charge in [-0.1, -0.05) is 29.8 Å². The Morgan fingerprint density at radius 1 is 1.07 bits per heavy atom. The summed E-state index contributed by atoms with van der Waals surface area (Å²) in [7, 11) is 0. The molecule has 0 aromatic heterocycles. The third kappa shape index (κ3) is 5.41. The molecule has 2 rings (SSSR count). The predicted octanol–water partition coefficient (Wildman–Crippen LogP) is 4.54. The van der Waals surface area contributed by atoms with Gasteiger partial charge < -0.3 is 10.2 Å². The van der Waals surface area contributed by atoms with E-state index in [9.17, 15) is 14.4 Å². The van der Waals surface area contributed by atoms with Crippen molar-refractivity contribution in [1.82, 2.24) is 0 Å². The lowest BCUT2D eigenvalue weighted by Crippen LogP contribution is -2.32. The average Bonchev–Trinajstić information content (AvgIpc) is 2.56. The van der Waals surface area contributed by atoms with E-state index in [1.807, 2.05) is 19.9 Å². The van der Waals surface area contributed by atoms with Crippen LogP contribution in [0.4, 0.5) is 11.4 Å². The molecule has 2 aromatic carbocycles. The Bertz CT molecular complexity index is 870. The molecule has 0 heterocycles. The van der Waals surface area contributed by atoms with Crippen LogP contribution in [0.5, 0.6) is 0 Å². The number of Topliss-reactive ketones (excluding diaryl/α,β-unsaturated/α-hetero) is 1. The molecule has 1 N–H and O–H groups in total. The van der Waals surface area contributed by atoms with E-state index in [-0.39, 0.29) is 30.6 Å². The molecule has 5 nitrogen and oxygen atoms in total. The van der Waals surface area contributed by atoms with Gasteiger partial charge in [0.1, 0.15) is 0 Å². The second kappa shape index (κ2) is 8.82. The maximum Gasteiger partial charge on any atom is 0.226 e. The van der Waals surface area contributed by atoms with E-state index in [0.717, 1.165) is 11.1 Å². The highest BCUT2D eigenvalue weighted by Crippen LogP contribution is 2.31. The normalized spacial score (nSPS) is 10.4. The van der Waals surface area contributed by atoms with E-state index in [0.29, 0.717) is 22.0 Å². The molecule has 0 bridgehead atoms. The topological polar surface area (TPSA) is 66.5 Å². The summed E-state index contributed by atoms with van der Waals surface area (Å²) in [6.45, 7) is 6.95. The first-order chi connectivity index (χ1) is 12.7. The standard InChI is InChI=1S/C21H23ClN2O3/c1-13-10-14(2)21(19(22)11-13)24(16(4)26)9-8-20(27)23-18-7-5-6-17(12-18)15(3)25/h5-7,10-12H,8-9H2,1-4H3,(H,23,27). The van der Waals surface area contributed by atoms with Crippen molar-refractivity contribution in [2.24, 2.45) is 0 Å². The van der Waals surface area contributed by atoms with Gasteiger partial charge in [-0.3, -0.25) is 14.4 Å². The Morgan fingerprint density at radius 2 is 1.78 bits per heavy atom. The van der Waals surface area contributed by atoms with Gasteiger partial charge in [-0.15, -0.1) is 0 Å². The second-order valence-corrected chi connectivity index (χ2v) is 6.93. The summed E-state index contributed by atoms with van der Waals surface area (Å²) in [6, 6.07) is 10.5. The number of nitrogens with one attached hydrogen (secondary N) is 1. The van der Waals surface area contributed by atoms with E-state index in [4.69, 9.17) is 11.6 Å². The lowest BCUT2D eigenvalue weighted by molar-refractivity contribution is -0.117. The molecule has 6 heteroatoms. The van der Waals surface area contributed by atoms with Crippen molar-refractivity contribution < 1.29 is 14.4 Å². The van der Waals surface area contributed by atoms with Crippen molar-refractivity contribution in [3.05, 3.63) is 58.1 Å². The molecule has 27 heavy (non-hydrogen) atoms. The first kappa shape index (κ1) is 20.6. The summed E-state index contributed by atoms with van der Waals surface area (Å²) in [5.41, 5.74) is 3.59. The Balaban J connectivity index is 2.11. The van der Waals surface area contributed by atoms with Gasteiger partial charge in [0.25, 0.3) is 0 Å². The van der Waals surface area contributed by atoms with Gasteiger partial charge in [0.15, 0.2) is 5.78 Å². The van der Waals surface area contributed by atoms with Gasteiger partial charge in [-0.25, -0.2) is 0 Å². The molecule has 0 spiro atoms. The first-order valence-corrected chi connectivity index (χ1v) is 9.02. The minimum atomic E-state index is -0.247. The van der Waals surface area contributed by atoms with Gasteiger partial charge in [-0.2, -0.15) is 0 Å². The SMILES string of the molecule is CC(=O)c1cccc(NC(=O)CCN(C(C)=O)c2c(C)cc(C)cc2Cl)c1. The zero-order valence-electron chi connectivity index (χ0n) is 15.9. The van der Waals surface area contributed by atoms with Crippen molar-refractivity contribution in [2.75, 3.05) is 16.8 Å². The van der Waals surface area contributed by atoms with Gasteiger partial charge in [0.05, 0.1) is 10.7 Å². The lowest BCUT2D eigenvalue weighted by atomic mass is 10.1. The van der Waals surface area contributed by atoms with Crippen LogP contribution >= 0.6 is 11.6 Å². The Hall–Kier alpha value is -2.66. The maximum atomic E-state index is 12.3. The summed E-state index contributed by atoms with van der Waals surface area (Å²) < 4.78 is 0. The second-order valence-electron chi connectivity index (χ2n) is 6.52. The zero-order valence-corrected chi connectivity index (χ0v) is 16.7. The van der Waals surface area contributed by atoms with Crippen LogP contribution in [0.2, 0.25) is 5.02 Å². The number of aryl methyl sites for hydroxylation is 2. The van der Waals surface area contributed by atoms with Gasteiger partial charge in [0.2, 0.25) is 11.8 Å². The van der Waals surface area contributed by atoms with E-state index in [1.165, 1.54) is 18.7 Å². The van der Waals surface area contributed by atoms with Crippen molar-refractivity contribution in [3.63, 3.8) is 0 Å². The number of benzene rings is 2. The lowest BCUT2D eigenvalue weighted by Gasteiger charge is -2.24. The molecule has 2 amide bonds. The van der Waals surface area contributed by atoms with E-state index in [2.05, 4.69) is 5.32 Å². The van der Waals surface area contributed by atoms with Crippen LogP contribution in [0.25, 0.3) is 0 Å². The van der Waals surface area contributed by atoms with E-state index in [1.54, 1.807) is 30.3 Å². The van der Waals surface area contributed by atoms with Crippen molar-refractivity contribution in [2.45, 2.75) is 34.1 Å². The molecule has 0 unspecified atom stereocenters. The predicted molar refractivity (Wildman–Crippen MR) is 109 cm³/mol. The summed E-state index contributed by atoms with van der Waals surface area (Å²) in [4.78, 5) is 37.4. The number of anilines is 2. The van der Waals surface area contributed by atoms with E-state index >= 15 is 0 Å². The monoisotopic (exact) mass is 386 g/mol. The van der Waals surface area contributed by atoms with Crippen LogP contribution in [0.3, 0.4) is 0 Å². The molecule has 2 aromatic rings. The number of nitrogens with zero attached hydrogens (tertiary/aromatic N) is 1. The third-order valence-corrected chi connectivity index (χ3v) is 4.45. The van der Waals surface area contributed by atoms with E-state index < -0.39 is 0 Å². The largest absolute Gasteiger partial charge is 0.326 e. The molecule has 0 atom stereocenters. The van der Waals surface area contributed by atoms with Crippen LogP contribution in [0.1, 0.15) is 41.8 Å². The molecule has 0 aliphatic heterocycles. The van der Waals surface area contributed by atoms with Gasteiger partial charge in [-0.05, 0) is 50.1 Å². The fraction of sp³-hybridized carbons (Fsp3) is 0.286. The fourth-order valence-corrected chi connectivity index (χ4v) is 3.35. The van der Waals surface area contributed by atoms with Crippen LogP contribution < -0.4 is 10.2 Å². The number of halogens is 1.